The maximum atomic E-state index is 5.66. The monoisotopic (exact) mass is 291 g/mol. The van der Waals surface area contributed by atoms with Crippen molar-refractivity contribution in [2.45, 2.75) is 13.5 Å². The van der Waals surface area contributed by atoms with Crippen LogP contribution in [0.25, 0.3) is 0 Å². The summed E-state index contributed by atoms with van der Waals surface area (Å²) in [5.74, 6) is 0.908. The number of aryl methyl sites for hydroxylation is 1. The van der Waals surface area contributed by atoms with Crippen LogP contribution in [-0.2, 0) is 6.54 Å². The molecule has 0 radical (unpaired) electrons. The van der Waals surface area contributed by atoms with Crippen LogP contribution in [0.1, 0.15) is 9.88 Å². The molecule has 0 atom stereocenters. The Morgan fingerprint density at radius 2 is 2.00 bits per heavy atom. The molecule has 0 saturated carbocycles. The Hall–Kier alpha value is -1.59. The van der Waals surface area contributed by atoms with Gasteiger partial charge in [-0.1, -0.05) is 0 Å². The van der Waals surface area contributed by atoms with Crippen LogP contribution in [0.15, 0.2) is 30.5 Å². The summed E-state index contributed by atoms with van der Waals surface area (Å²) in [6, 6.07) is 8.07. The van der Waals surface area contributed by atoms with Crippen molar-refractivity contribution < 1.29 is 4.74 Å². The van der Waals surface area contributed by atoms with Crippen molar-refractivity contribution in [3.63, 3.8) is 0 Å². The highest BCUT2D eigenvalue weighted by Gasteiger charge is 1.99. The Balaban J connectivity index is 1.79. The first kappa shape index (κ1) is 14.8. The van der Waals surface area contributed by atoms with E-state index in [4.69, 9.17) is 4.74 Å². The lowest BCUT2D eigenvalue weighted by atomic mass is 10.3. The molecule has 1 aromatic heterocycles. The summed E-state index contributed by atoms with van der Waals surface area (Å²) in [6.07, 6.45) is 1.92. The number of nitrogens with zero attached hydrogens (tertiary/aromatic N) is 2. The first-order valence-electron chi connectivity index (χ1n) is 6.66. The first-order valence-corrected chi connectivity index (χ1v) is 7.48. The normalized spacial score (nSPS) is 10.8. The molecular weight excluding hydrogens is 270 g/mol. The van der Waals surface area contributed by atoms with Crippen LogP contribution in [-0.4, -0.2) is 37.1 Å². The van der Waals surface area contributed by atoms with Gasteiger partial charge in [0.15, 0.2) is 0 Å². The van der Waals surface area contributed by atoms with Crippen LogP contribution in [0.4, 0.5) is 5.69 Å². The lowest BCUT2D eigenvalue weighted by molar-refractivity contribution is 0.261. The largest absolute Gasteiger partial charge is 0.492 e. The van der Waals surface area contributed by atoms with Gasteiger partial charge < -0.3 is 15.0 Å². The number of rotatable bonds is 7. The summed E-state index contributed by atoms with van der Waals surface area (Å²) < 4.78 is 5.66. The highest BCUT2D eigenvalue weighted by molar-refractivity contribution is 7.11. The minimum absolute atomic E-state index is 0.708. The number of anilines is 1. The van der Waals surface area contributed by atoms with Gasteiger partial charge in [-0.15, -0.1) is 11.3 Å². The zero-order valence-electron chi connectivity index (χ0n) is 12.2. The molecule has 0 amide bonds. The van der Waals surface area contributed by atoms with Gasteiger partial charge in [0.25, 0.3) is 0 Å². The topological polar surface area (TPSA) is 37.4 Å². The molecule has 0 unspecified atom stereocenters. The molecule has 0 fully saturated rings. The molecule has 0 aliphatic rings. The molecule has 2 aromatic rings. The summed E-state index contributed by atoms with van der Waals surface area (Å²) >= 11 is 1.72. The molecule has 0 aliphatic heterocycles. The van der Waals surface area contributed by atoms with E-state index in [9.17, 15) is 0 Å². The van der Waals surface area contributed by atoms with Crippen molar-refractivity contribution in [3.05, 3.63) is 40.3 Å². The summed E-state index contributed by atoms with van der Waals surface area (Å²) in [5, 5.41) is 4.49. The van der Waals surface area contributed by atoms with Gasteiger partial charge in [0.1, 0.15) is 12.4 Å². The van der Waals surface area contributed by atoms with Crippen LogP contribution in [0, 0.1) is 6.92 Å². The fourth-order valence-corrected chi connectivity index (χ4v) is 2.43. The van der Waals surface area contributed by atoms with Crippen LogP contribution in [0.2, 0.25) is 0 Å². The van der Waals surface area contributed by atoms with Gasteiger partial charge in [-0.25, -0.2) is 4.98 Å². The second-order valence-corrected chi connectivity index (χ2v) is 6.19. The third-order valence-corrected chi connectivity index (χ3v) is 3.71. The first-order chi connectivity index (χ1) is 9.63. The average molecular weight is 291 g/mol. The van der Waals surface area contributed by atoms with Gasteiger partial charge >= 0.3 is 0 Å². The summed E-state index contributed by atoms with van der Waals surface area (Å²) in [4.78, 5) is 7.59. The van der Waals surface area contributed by atoms with Crippen molar-refractivity contribution in [2.24, 2.45) is 0 Å². The van der Waals surface area contributed by atoms with Crippen LogP contribution in [0.3, 0.4) is 0 Å². The number of likely N-dealkylation sites (N-methyl/N-ethyl adjacent to an activating group) is 1. The van der Waals surface area contributed by atoms with E-state index in [1.807, 2.05) is 51.5 Å². The zero-order chi connectivity index (χ0) is 14.4. The number of thiazole rings is 1. The third-order valence-electron chi connectivity index (χ3n) is 2.80. The molecule has 1 aromatic carbocycles. The van der Waals surface area contributed by atoms with E-state index in [2.05, 4.69) is 15.2 Å². The molecular formula is C15H21N3OS. The Morgan fingerprint density at radius 1 is 1.25 bits per heavy atom. The molecule has 0 spiro atoms. The van der Waals surface area contributed by atoms with E-state index in [-0.39, 0.29) is 0 Å². The van der Waals surface area contributed by atoms with Crippen molar-refractivity contribution in [3.8, 4) is 5.75 Å². The van der Waals surface area contributed by atoms with E-state index < -0.39 is 0 Å². The highest BCUT2D eigenvalue weighted by atomic mass is 32.1. The van der Waals surface area contributed by atoms with Crippen molar-refractivity contribution >= 4 is 17.0 Å². The Kier molecular flexibility index (Phi) is 5.38. The van der Waals surface area contributed by atoms with Crippen molar-refractivity contribution in [1.29, 1.82) is 0 Å². The number of aromatic nitrogens is 1. The number of benzene rings is 1. The number of ether oxygens (including phenoxy) is 1. The Labute approximate surface area is 124 Å². The predicted octanol–water partition coefficient (Wildman–Crippen LogP) is 3.00. The molecule has 1 heterocycles. The predicted molar refractivity (Wildman–Crippen MR) is 84.7 cm³/mol. The fourth-order valence-electron chi connectivity index (χ4n) is 1.69. The van der Waals surface area contributed by atoms with Gasteiger partial charge in [0.05, 0.1) is 11.6 Å². The second-order valence-electron chi connectivity index (χ2n) is 4.88. The van der Waals surface area contributed by atoms with E-state index in [0.29, 0.717) is 6.61 Å². The molecule has 20 heavy (non-hydrogen) atoms. The Bertz CT molecular complexity index is 522. The lowest BCUT2D eigenvalue weighted by Gasteiger charge is -2.11. The average Bonchev–Trinajstić information content (AvgIpc) is 2.83. The van der Waals surface area contributed by atoms with Gasteiger partial charge in [0.2, 0.25) is 0 Å². The molecule has 0 aliphatic carbocycles. The fraction of sp³-hybridized carbons (Fsp3) is 0.400. The van der Waals surface area contributed by atoms with Gasteiger partial charge in [0, 0.05) is 23.3 Å². The van der Waals surface area contributed by atoms with Crippen LogP contribution < -0.4 is 10.1 Å². The van der Waals surface area contributed by atoms with Gasteiger partial charge in [-0.05, 0) is 45.3 Å². The van der Waals surface area contributed by atoms with Crippen LogP contribution >= 0.6 is 11.3 Å². The quantitative estimate of drug-likeness (QED) is 0.851. The van der Waals surface area contributed by atoms with Gasteiger partial charge in [-0.2, -0.15) is 0 Å². The molecule has 108 valence electrons. The molecule has 0 saturated heterocycles. The number of nitrogens with one attached hydrogen (secondary N) is 1. The van der Waals surface area contributed by atoms with E-state index in [1.54, 1.807) is 11.3 Å². The van der Waals surface area contributed by atoms with E-state index >= 15 is 0 Å². The van der Waals surface area contributed by atoms with E-state index in [1.165, 1.54) is 4.88 Å². The summed E-state index contributed by atoms with van der Waals surface area (Å²) in [6.45, 7) is 4.46. The van der Waals surface area contributed by atoms with E-state index in [0.717, 1.165) is 29.5 Å². The molecule has 0 bridgehead atoms. The molecule has 1 N–H and O–H groups in total. The van der Waals surface area contributed by atoms with Crippen molar-refractivity contribution in [2.75, 3.05) is 32.6 Å². The standard InChI is InChI=1S/C15H21N3OS/c1-12-16-10-15(20-12)11-17-13-4-6-14(7-5-13)19-9-8-18(2)3/h4-7,10,17H,8-9,11H2,1-3H3. The molecule has 4 nitrogen and oxygen atoms in total. The van der Waals surface area contributed by atoms with Gasteiger partial charge in [-0.3, -0.25) is 0 Å². The molecule has 2 rings (SSSR count). The minimum atomic E-state index is 0.708. The Morgan fingerprint density at radius 3 is 2.60 bits per heavy atom. The summed E-state index contributed by atoms with van der Waals surface area (Å²) in [7, 11) is 4.08. The third kappa shape index (κ3) is 4.83. The van der Waals surface area contributed by atoms with Crippen molar-refractivity contribution in [1.82, 2.24) is 9.88 Å². The lowest BCUT2D eigenvalue weighted by Crippen LogP contribution is -2.19. The smallest absolute Gasteiger partial charge is 0.119 e. The minimum Gasteiger partial charge on any atom is -0.492 e. The highest BCUT2D eigenvalue weighted by Crippen LogP contribution is 2.18. The zero-order valence-corrected chi connectivity index (χ0v) is 13.0. The molecule has 5 heteroatoms. The SMILES string of the molecule is Cc1ncc(CNc2ccc(OCCN(C)C)cc2)s1. The number of hydrogen-bond donors (Lipinski definition) is 1. The maximum Gasteiger partial charge on any atom is 0.119 e. The number of hydrogen-bond acceptors (Lipinski definition) is 5. The maximum absolute atomic E-state index is 5.66. The summed E-state index contributed by atoms with van der Waals surface area (Å²) in [5.41, 5.74) is 1.09. The van der Waals surface area contributed by atoms with Crippen LogP contribution in [0.5, 0.6) is 5.75 Å². The second kappa shape index (κ2) is 7.26.